The third kappa shape index (κ3) is 3.18. The highest BCUT2D eigenvalue weighted by molar-refractivity contribution is 5.98. The quantitative estimate of drug-likeness (QED) is 0.910. The lowest BCUT2D eigenvalue weighted by molar-refractivity contribution is -0.117. The first kappa shape index (κ1) is 14.9. The van der Waals surface area contributed by atoms with Crippen molar-refractivity contribution >= 4 is 17.5 Å². The SMILES string of the molecule is O=C(NC1Cc2ccccc2C1)c1cccc(NC(=O)C2CC2)c1. The van der Waals surface area contributed by atoms with Crippen LogP contribution in [0.5, 0.6) is 0 Å². The van der Waals surface area contributed by atoms with E-state index in [1.807, 2.05) is 18.2 Å². The number of nitrogens with one attached hydrogen (secondary N) is 2. The molecule has 1 fully saturated rings. The van der Waals surface area contributed by atoms with Crippen molar-refractivity contribution in [3.05, 3.63) is 65.2 Å². The molecule has 122 valence electrons. The van der Waals surface area contributed by atoms with Crippen LogP contribution in [-0.4, -0.2) is 17.9 Å². The predicted octanol–water partition coefficient (Wildman–Crippen LogP) is 2.93. The fourth-order valence-electron chi connectivity index (χ4n) is 3.26. The van der Waals surface area contributed by atoms with Gasteiger partial charge in [0, 0.05) is 23.2 Å². The van der Waals surface area contributed by atoms with Crippen molar-refractivity contribution in [1.29, 1.82) is 0 Å². The summed E-state index contributed by atoms with van der Waals surface area (Å²) in [7, 11) is 0. The van der Waals surface area contributed by atoms with Crippen LogP contribution in [0.15, 0.2) is 48.5 Å². The van der Waals surface area contributed by atoms with Gasteiger partial charge in [-0.05, 0) is 55.0 Å². The van der Waals surface area contributed by atoms with Crippen molar-refractivity contribution in [3.8, 4) is 0 Å². The Kier molecular flexibility index (Phi) is 3.81. The molecule has 0 atom stereocenters. The molecular formula is C20H20N2O2. The van der Waals surface area contributed by atoms with Gasteiger partial charge in [0.25, 0.3) is 5.91 Å². The number of rotatable bonds is 4. The average molecular weight is 320 g/mol. The van der Waals surface area contributed by atoms with Gasteiger partial charge in [-0.2, -0.15) is 0 Å². The third-order valence-corrected chi connectivity index (χ3v) is 4.73. The molecule has 0 spiro atoms. The number of anilines is 1. The molecule has 1 saturated carbocycles. The normalized spacial score (nSPS) is 16.5. The summed E-state index contributed by atoms with van der Waals surface area (Å²) in [6.45, 7) is 0. The Labute approximate surface area is 141 Å². The van der Waals surface area contributed by atoms with Crippen LogP contribution in [0.2, 0.25) is 0 Å². The van der Waals surface area contributed by atoms with Crippen LogP contribution in [0.25, 0.3) is 0 Å². The highest BCUT2D eigenvalue weighted by Gasteiger charge is 2.29. The van der Waals surface area contributed by atoms with Crippen LogP contribution in [0.1, 0.15) is 34.3 Å². The Morgan fingerprint density at radius 1 is 0.917 bits per heavy atom. The molecule has 2 aromatic rings. The second kappa shape index (κ2) is 6.11. The maximum atomic E-state index is 12.5. The fourth-order valence-corrected chi connectivity index (χ4v) is 3.26. The molecule has 2 aromatic carbocycles. The van der Waals surface area contributed by atoms with Crippen LogP contribution in [0, 0.1) is 5.92 Å². The lowest BCUT2D eigenvalue weighted by Crippen LogP contribution is -2.35. The molecule has 0 aromatic heterocycles. The minimum Gasteiger partial charge on any atom is -0.349 e. The zero-order chi connectivity index (χ0) is 16.5. The van der Waals surface area contributed by atoms with E-state index in [9.17, 15) is 9.59 Å². The average Bonchev–Trinajstić information content (AvgIpc) is 3.35. The molecule has 4 rings (SSSR count). The number of carbonyl (C=O) groups is 2. The predicted molar refractivity (Wildman–Crippen MR) is 92.9 cm³/mol. The summed E-state index contributed by atoms with van der Waals surface area (Å²) in [5.41, 5.74) is 3.90. The second-order valence-corrected chi connectivity index (χ2v) is 6.69. The zero-order valence-electron chi connectivity index (χ0n) is 13.4. The van der Waals surface area contributed by atoms with Gasteiger partial charge in [-0.15, -0.1) is 0 Å². The van der Waals surface area contributed by atoms with Gasteiger partial charge in [0.2, 0.25) is 5.91 Å². The molecule has 0 unspecified atom stereocenters. The minimum absolute atomic E-state index is 0.0544. The standard InChI is InChI=1S/C20H20N2O2/c23-19(13-8-9-13)21-17-7-3-6-16(12-17)20(24)22-18-10-14-4-1-2-5-15(14)11-18/h1-7,12-13,18H,8-11H2,(H,21,23)(H,22,24). The summed E-state index contributed by atoms with van der Waals surface area (Å²) in [4.78, 5) is 24.4. The third-order valence-electron chi connectivity index (χ3n) is 4.73. The lowest BCUT2D eigenvalue weighted by Gasteiger charge is -2.13. The number of amides is 2. The van der Waals surface area contributed by atoms with Gasteiger partial charge in [0.05, 0.1) is 0 Å². The molecule has 0 saturated heterocycles. The van der Waals surface area contributed by atoms with Crippen molar-refractivity contribution in [2.45, 2.75) is 31.7 Å². The van der Waals surface area contributed by atoms with Crippen molar-refractivity contribution in [2.75, 3.05) is 5.32 Å². The van der Waals surface area contributed by atoms with Crippen molar-refractivity contribution < 1.29 is 9.59 Å². The molecule has 2 aliphatic carbocycles. The van der Waals surface area contributed by atoms with E-state index in [1.165, 1.54) is 11.1 Å². The van der Waals surface area contributed by atoms with E-state index in [-0.39, 0.29) is 23.8 Å². The zero-order valence-corrected chi connectivity index (χ0v) is 13.4. The maximum absolute atomic E-state index is 12.5. The molecule has 2 N–H and O–H groups in total. The maximum Gasteiger partial charge on any atom is 0.251 e. The number of benzene rings is 2. The fraction of sp³-hybridized carbons (Fsp3) is 0.300. The van der Waals surface area contributed by atoms with Crippen molar-refractivity contribution in [1.82, 2.24) is 5.32 Å². The number of fused-ring (bicyclic) bond motifs is 1. The molecular weight excluding hydrogens is 300 g/mol. The number of hydrogen-bond acceptors (Lipinski definition) is 2. The van der Waals surface area contributed by atoms with Crippen LogP contribution >= 0.6 is 0 Å². The minimum atomic E-state index is -0.0877. The summed E-state index contributed by atoms with van der Waals surface area (Å²) in [6, 6.07) is 15.6. The van der Waals surface area contributed by atoms with Crippen LogP contribution in [-0.2, 0) is 17.6 Å². The van der Waals surface area contributed by atoms with E-state index in [4.69, 9.17) is 0 Å². The van der Waals surface area contributed by atoms with Crippen LogP contribution < -0.4 is 10.6 Å². The molecule has 0 aliphatic heterocycles. The smallest absolute Gasteiger partial charge is 0.251 e. The molecule has 0 heterocycles. The number of carbonyl (C=O) groups excluding carboxylic acids is 2. The first-order valence-electron chi connectivity index (χ1n) is 8.47. The second-order valence-electron chi connectivity index (χ2n) is 6.69. The Morgan fingerprint density at radius 2 is 1.62 bits per heavy atom. The molecule has 4 nitrogen and oxygen atoms in total. The molecule has 2 amide bonds. The molecule has 2 aliphatic rings. The lowest BCUT2D eigenvalue weighted by atomic mass is 10.1. The van der Waals surface area contributed by atoms with E-state index < -0.39 is 0 Å². The van der Waals surface area contributed by atoms with Crippen LogP contribution in [0.4, 0.5) is 5.69 Å². The topological polar surface area (TPSA) is 58.2 Å². The summed E-state index contributed by atoms with van der Waals surface area (Å²) in [5.74, 6) is 0.119. The van der Waals surface area contributed by atoms with Gasteiger partial charge in [0.15, 0.2) is 0 Å². The van der Waals surface area contributed by atoms with Gasteiger partial charge in [0.1, 0.15) is 0 Å². The van der Waals surface area contributed by atoms with E-state index in [0.29, 0.717) is 11.3 Å². The summed E-state index contributed by atoms with van der Waals surface area (Å²) in [6.07, 6.45) is 3.68. The highest BCUT2D eigenvalue weighted by Crippen LogP contribution is 2.30. The van der Waals surface area contributed by atoms with Crippen LogP contribution in [0.3, 0.4) is 0 Å². The van der Waals surface area contributed by atoms with Gasteiger partial charge < -0.3 is 10.6 Å². The largest absolute Gasteiger partial charge is 0.349 e. The Hall–Kier alpha value is -2.62. The van der Waals surface area contributed by atoms with E-state index in [0.717, 1.165) is 25.7 Å². The van der Waals surface area contributed by atoms with Crippen molar-refractivity contribution in [3.63, 3.8) is 0 Å². The van der Waals surface area contributed by atoms with E-state index >= 15 is 0 Å². The first-order valence-corrected chi connectivity index (χ1v) is 8.47. The highest BCUT2D eigenvalue weighted by atomic mass is 16.2. The molecule has 0 bridgehead atoms. The molecule has 0 radical (unpaired) electrons. The Morgan fingerprint density at radius 3 is 2.29 bits per heavy atom. The summed E-state index contributed by atoms with van der Waals surface area (Å²) in [5, 5.41) is 5.99. The Bertz CT molecular complexity index is 771. The van der Waals surface area contributed by atoms with E-state index in [2.05, 4.69) is 22.8 Å². The first-order chi connectivity index (χ1) is 11.7. The summed E-state index contributed by atoms with van der Waals surface area (Å²) < 4.78 is 0. The van der Waals surface area contributed by atoms with Gasteiger partial charge in [-0.3, -0.25) is 9.59 Å². The molecule has 4 heteroatoms. The monoisotopic (exact) mass is 320 g/mol. The van der Waals surface area contributed by atoms with Crippen molar-refractivity contribution in [2.24, 2.45) is 5.92 Å². The van der Waals surface area contributed by atoms with Gasteiger partial charge in [-0.1, -0.05) is 30.3 Å². The van der Waals surface area contributed by atoms with Gasteiger partial charge >= 0.3 is 0 Å². The number of hydrogen-bond donors (Lipinski definition) is 2. The van der Waals surface area contributed by atoms with E-state index in [1.54, 1.807) is 18.2 Å². The summed E-state index contributed by atoms with van der Waals surface area (Å²) >= 11 is 0. The van der Waals surface area contributed by atoms with Gasteiger partial charge in [-0.25, -0.2) is 0 Å². The molecule has 24 heavy (non-hydrogen) atoms. The Balaban J connectivity index is 1.40.